The Kier molecular flexibility index (Phi) is 6.34. The minimum atomic E-state index is -0.732. The summed E-state index contributed by atoms with van der Waals surface area (Å²) < 4.78 is 10.6. The number of hydrogen-bond donors (Lipinski definition) is 1. The first-order valence-electron chi connectivity index (χ1n) is 9.47. The Morgan fingerprint density at radius 2 is 1.76 bits per heavy atom. The van der Waals surface area contributed by atoms with Crippen molar-refractivity contribution in [2.24, 2.45) is 0 Å². The number of ketones is 1. The van der Waals surface area contributed by atoms with Crippen LogP contribution in [0.1, 0.15) is 29.2 Å². The van der Waals surface area contributed by atoms with Crippen LogP contribution in [0.3, 0.4) is 0 Å². The van der Waals surface area contributed by atoms with Gasteiger partial charge >= 0.3 is 0 Å². The molecule has 2 aromatic rings. The maximum atomic E-state index is 12.9. The summed E-state index contributed by atoms with van der Waals surface area (Å²) in [5.41, 5.74) is 2.24. The van der Waals surface area contributed by atoms with Crippen LogP contribution < -0.4 is 4.74 Å². The van der Waals surface area contributed by atoms with Crippen LogP contribution in [-0.4, -0.2) is 49.1 Å². The molecule has 6 heteroatoms. The number of Topliss-reactive ketones (excluding diaryl/α,β-unsaturated/α-hetero) is 1. The third-order valence-corrected chi connectivity index (χ3v) is 5.05. The number of para-hydroxylation sites is 1. The normalized spacial score (nSPS) is 18.3. The zero-order chi connectivity index (χ0) is 21.0. The number of aliphatic hydroxyl groups excluding tert-OH is 1. The van der Waals surface area contributed by atoms with Crippen molar-refractivity contribution in [2.45, 2.75) is 19.4 Å². The molecule has 0 saturated carbocycles. The maximum absolute atomic E-state index is 12.9. The number of aliphatic hydroxyl groups is 1. The minimum Gasteiger partial charge on any atom is -0.507 e. The third kappa shape index (κ3) is 4.03. The van der Waals surface area contributed by atoms with Crippen LogP contribution in [0.15, 0.2) is 54.1 Å². The average molecular weight is 395 g/mol. The lowest BCUT2D eigenvalue weighted by Gasteiger charge is -2.26. The van der Waals surface area contributed by atoms with Crippen molar-refractivity contribution in [3.05, 3.63) is 70.8 Å². The van der Waals surface area contributed by atoms with Gasteiger partial charge in [0.25, 0.3) is 11.7 Å². The number of benzene rings is 2. The van der Waals surface area contributed by atoms with Crippen molar-refractivity contribution < 1.29 is 24.2 Å². The molecule has 1 unspecified atom stereocenters. The molecule has 6 nitrogen and oxygen atoms in total. The monoisotopic (exact) mass is 395 g/mol. The summed E-state index contributed by atoms with van der Waals surface area (Å²) in [5, 5.41) is 11.0. The predicted octanol–water partition coefficient (Wildman–Crippen LogP) is 3.46. The second-order valence-corrected chi connectivity index (χ2v) is 6.95. The number of carbonyl (C=O) groups is 2. The van der Waals surface area contributed by atoms with E-state index in [0.29, 0.717) is 36.4 Å². The Bertz CT molecular complexity index is 933. The summed E-state index contributed by atoms with van der Waals surface area (Å²) in [6, 6.07) is 13.7. The van der Waals surface area contributed by atoms with E-state index in [-0.39, 0.29) is 11.3 Å². The highest BCUT2D eigenvalue weighted by Crippen LogP contribution is 2.42. The van der Waals surface area contributed by atoms with Gasteiger partial charge in [0, 0.05) is 31.4 Å². The van der Waals surface area contributed by atoms with E-state index in [1.54, 1.807) is 31.4 Å². The van der Waals surface area contributed by atoms with Crippen LogP contribution in [0.5, 0.6) is 5.75 Å². The average Bonchev–Trinajstić information content (AvgIpc) is 2.98. The quantitative estimate of drug-likeness (QED) is 0.336. The van der Waals surface area contributed by atoms with E-state index in [2.05, 4.69) is 0 Å². The highest BCUT2D eigenvalue weighted by Gasteiger charge is 2.46. The van der Waals surface area contributed by atoms with Gasteiger partial charge < -0.3 is 19.5 Å². The van der Waals surface area contributed by atoms with E-state index < -0.39 is 17.7 Å². The first-order chi connectivity index (χ1) is 14.0. The SMILES string of the molecule is COCCCN1C(=O)C(=O)/C(=C(/O)c2ccc(C)cc2)C1c1ccccc1OC. The van der Waals surface area contributed by atoms with E-state index in [9.17, 15) is 14.7 Å². The van der Waals surface area contributed by atoms with Crippen LogP contribution >= 0.6 is 0 Å². The fraction of sp³-hybridized carbons (Fsp3) is 0.304. The second-order valence-electron chi connectivity index (χ2n) is 6.95. The van der Waals surface area contributed by atoms with Gasteiger partial charge in [-0.25, -0.2) is 0 Å². The highest BCUT2D eigenvalue weighted by atomic mass is 16.5. The van der Waals surface area contributed by atoms with Crippen molar-refractivity contribution in [2.75, 3.05) is 27.4 Å². The summed E-state index contributed by atoms with van der Waals surface area (Å²) in [6.45, 7) is 2.72. The molecule has 1 heterocycles. The number of methoxy groups -OCH3 is 2. The van der Waals surface area contributed by atoms with Gasteiger partial charge in [-0.05, 0) is 19.4 Å². The van der Waals surface area contributed by atoms with Crippen LogP contribution in [0, 0.1) is 6.92 Å². The summed E-state index contributed by atoms with van der Waals surface area (Å²) in [4.78, 5) is 27.3. The van der Waals surface area contributed by atoms with Crippen LogP contribution in [0.25, 0.3) is 5.76 Å². The molecule has 1 N–H and O–H groups in total. The molecule has 1 aliphatic heterocycles. The second kappa shape index (κ2) is 8.92. The molecule has 0 radical (unpaired) electrons. The molecule has 3 rings (SSSR count). The molecule has 2 aromatic carbocycles. The molecule has 1 aliphatic rings. The fourth-order valence-electron chi connectivity index (χ4n) is 3.57. The number of hydrogen-bond acceptors (Lipinski definition) is 5. The molecular weight excluding hydrogens is 370 g/mol. The molecule has 0 aromatic heterocycles. The molecule has 1 saturated heterocycles. The van der Waals surface area contributed by atoms with Gasteiger partial charge in [-0.3, -0.25) is 9.59 Å². The van der Waals surface area contributed by atoms with Gasteiger partial charge in [0.15, 0.2) is 0 Å². The van der Waals surface area contributed by atoms with Crippen molar-refractivity contribution >= 4 is 17.4 Å². The number of nitrogens with zero attached hydrogens (tertiary/aromatic N) is 1. The Morgan fingerprint density at radius 1 is 1.07 bits per heavy atom. The molecule has 1 amide bonds. The van der Waals surface area contributed by atoms with Crippen LogP contribution in [-0.2, 0) is 14.3 Å². The van der Waals surface area contributed by atoms with E-state index in [0.717, 1.165) is 5.56 Å². The number of aryl methyl sites for hydroxylation is 1. The highest BCUT2D eigenvalue weighted by molar-refractivity contribution is 6.46. The number of rotatable bonds is 7. The lowest BCUT2D eigenvalue weighted by molar-refractivity contribution is -0.140. The molecule has 0 aliphatic carbocycles. The van der Waals surface area contributed by atoms with Gasteiger partial charge in [-0.15, -0.1) is 0 Å². The van der Waals surface area contributed by atoms with Gasteiger partial charge in [0.05, 0.1) is 18.7 Å². The molecule has 0 bridgehead atoms. The number of ether oxygens (including phenoxy) is 2. The molecule has 1 atom stereocenters. The summed E-state index contributed by atoms with van der Waals surface area (Å²) in [6.07, 6.45) is 0.569. The number of likely N-dealkylation sites (tertiary alicyclic amines) is 1. The Balaban J connectivity index is 2.16. The van der Waals surface area contributed by atoms with Gasteiger partial charge in [-0.1, -0.05) is 48.0 Å². The smallest absolute Gasteiger partial charge is 0.295 e. The molecule has 0 spiro atoms. The predicted molar refractivity (Wildman–Crippen MR) is 110 cm³/mol. The number of amides is 1. The van der Waals surface area contributed by atoms with E-state index in [1.165, 1.54) is 12.0 Å². The lowest BCUT2D eigenvalue weighted by atomic mass is 9.94. The van der Waals surface area contributed by atoms with E-state index >= 15 is 0 Å². The van der Waals surface area contributed by atoms with Gasteiger partial charge in [0.1, 0.15) is 11.5 Å². The first-order valence-corrected chi connectivity index (χ1v) is 9.47. The van der Waals surface area contributed by atoms with Crippen molar-refractivity contribution in [3.63, 3.8) is 0 Å². The van der Waals surface area contributed by atoms with E-state index in [4.69, 9.17) is 9.47 Å². The maximum Gasteiger partial charge on any atom is 0.295 e. The van der Waals surface area contributed by atoms with Crippen LogP contribution in [0.2, 0.25) is 0 Å². The van der Waals surface area contributed by atoms with Crippen molar-refractivity contribution in [1.29, 1.82) is 0 Å². The fourth-order valence-corrected chi connectivity index (χ4v) is 3.57. The third-order valence-electron chi connectivity index (χ3n) is 5.05. The summed E-state index contributed by atoms with van der Waals surface area (Å²) in [7, 11) is 3.12. The number of carbonyl (C=O) groups excluding carboxylic acids is 2. The van der Waals surface area contributed by atoms with Gasteiger partial charge in [-0.2, -0.15) is 0 Å². The largest absolute Gasteiger partial charge is 0.507 e. The molecule has 152 valence electrons. The lowest BCUT2D eigenvalue weighted by Crippen LogP contribution is -2.31. The van der Waals surface area contributed by atoms with Crippen molar-refractivity contribution in [3.8, 4) is 5.75 Å². The molecule has 29 heavy (non-hydrogen) atoms. The van der Waals surface area contributed by atoms with E-state index in [1.807, 2.05) is 31.2 Å². The summed E-state index contributed by atoms with van der Waals surface area (Å²) >= 11 is 0. The Labute approximate surface area is 170 Å². The zero-order valence-corrected chi connectivity index (χ0v) is 16.8. The molecule has 1 fully saturated rings. The van der Waals surface area contributed by atoms with Gasteiger partial charge in [0.2, 0.25) is 0 Å². The van der Waals surface area contributed by atoms with Crippen LogP contribution in [0.4, 0.5) is 0 Å². The van der Waals surface area contributed by atoms with Crippen molar-refractivity contribution in [1.82, 2.24) is 4.90 Å². The first kappa shape index (κ1) is 20.6. The Morgan fingerprint density at radius 3 is 2.41 bits per heavy atom. The topological polar surface area (TPSA) is 76.1 Å². The summed E-state index contributed by atoms with van der Waals surface area (Å²) in [5.74, 6) is -0.971. The minimum absolute atomic E-state index is 0.0702. The standard InChI is InChI=1S/C23H25NO5/c1-15-9-11-16(12-10-15)21(25)19-20(17-7-4-5-8-18(17)29-3)24(13-6-14-28-2)23(27)22(19)26/h4-5,7-12,20,25H,6,13-14H2,1-3H3/b21-19+. The zero-order valence-electron chi connectivity index (χ0n) is 16.8. The molecular formula is C23H25NO5. The Hall–Kier alpha value is -3.12.